The number of aliphatic hydroxyl groups is 2. The molecule has 0 saturated carbocycles. The highest BCUT2D eigenvalue weighted by Gasteiger charge is 2.20. The summed E-state index contributed by atoms with van der Waals surface area (Å²) in [7, 11) is 0. The molecule has 7 nitrogen and oxygen atoms in total. The lowest BCUT2D eigenvalue weighted by atomic mass is 10.1. The highest BCUT2D eigenvalue weighted by Crippen LogP contribution is 2.17. The lowest BCUT2D eigenvalue weighted by Crippen LogP contribution is -2.34. The van der Waals surface area contributed by atoms with E-state index in [1.807, 2.05) is 0 Å². The fourth-order valence-corrected chi connectivity index (χ4v) is 1.58. The summed E-state index contributed by atoms with van der Waals surface area (Å²) >= 11 is 0. The van der Waals surface area contributed by atoms with Crippen molar-refractivity contribution >= 4 is 11.8 Å². The van der Waals surface area contributed by atoms with E-state index in [0.717, 1.165) is 0 Å². The Labute approximate surface area is 124 Å². The van der Waals surface area contributed by atoms with Crippen LogP contribution in [0.4, 0.5) is 10.5 Å². The molecule has 0 bridgehead atoms. The number of hydrogen-bond donors (Lipinski definition) is 4. The molecule has 0 saturated heterocycles. The maximum atomic E-state index is 11.4. The summed E-state index contributed by atoms with van der Waals surface area (Å²) in [6.07, 6.45) is -1.16. The zero-order valence-electron chi connectivity index (χ0n) is 12.5. The van der Waals surface area contributed by atoms with Gasteiger partial charge in [0.05, 0.1) is 23.7 Å². The Morgan fingerprint density at radius 2 is 2.10 bits per heavy atom. The number of ether oxygens (including phenoxy) is 1. The van der Waals surface area contributed by atoms with Crippen LogP contribution in [-0.2, 0) is 4.74 Å². The number of aliphatic hydroxyl groups excluding tert-OH is 2. The van der Waals surface area contributed by atoms with E-state index in [9.17, 15) is 15.0 Å². The van der Waals surface area contributed by atoms with Crippen LogP contribution in [0, 0.1) is 0 Å². The van der Waals surface area contributed by atoms with Crippen LogP contribution in [0.2, 0.25) is 0 Å². The molecule has 0 spiro atoms. The van der Waals surface area contributed by atoms with Gasteiger partial charge in [-0.15, -0.1) is 0 Å². The van der Waals surface area contributed by atoms with E-state index >= 15 is 0 Å². The number of alkyl carbamates (subject to hydrolysis) is 1. The van der Waals surface area contributed by atoms with Crippen molar-refractivity contribution in [2.24, 2.45) is 0 Å². The predicted octanol–water partition coefficient (Wildman–Crippen LogP) is 0.973. The summed E-state index contributed by atoms with van der Waals surface area (Å²) in [5.74, 6) is 0. The second-order valence-corrected chi connectivity index (χ2v) is 5.75. The van der Waals surface area contributed by atoms with Crippen LogP contribution < -0.4 is 11.1 Å². The number of anilines is 1. The van der Waals surface area contributed by atoms with E-state index < -0.39 is 23.9 Å². The monoisotopic (exact) mass is 297 g/mol. The largest absolute Gasteiger partial charge is 0.444 e. The van der Waals surface area contributed by atoms with Gasteiger partial charge in [0.25, 0.3) is 0 Å². The normalized spacial score (nSPS) is 14.3. The number of nitrogens with zero attached hydrogens (tertiary/aromatic N) is 1. The smallest absolute Gasteiger partial charge is 0.407 e. The molecule has 1 amide bonds. The number of nitrogen functional groups attached to an aromatic ring is 1. The lowest BCUT2D eigenvalue weighted by Gasteiger charge is -2.21. The van der Waals surface area contributed by atoms with Crippen molar-refractivity contribution in [1.29, 1.82) is 0 Å². The first kappa shape index (κ1) is 17.2. The summed E-state index contributed by atoms with van der Waals surface area (Å²) in [5.41, 5.74) is 5.73. The second-order valence-electron chi connectivity index (χ2n) is 5.75. The topological polar surface area (TPSA) is 118 Å². The Morgan fingerprint density at radius 1 is 1.43 bits per heavy atom. The van der Waals surface area contributed by atoms with Crippen LogP contribution in [0.15, 0.2) is 18.3 Å². The van der Waals surface area contributed by atoms with Gasteiger partial charge in [0.15, 0.2) is 0 Å². The van der Waals surface area contributed by atoms with Gasteiger partial charge in [-0.2, -0.15) is 0 Å². The molecule has 0 aliphatic heterocycles. The average molecular weight is 297 g/mol. The molecule has 1 heterocycles. The third-order valence-electron chi connectivity index (χ3n) is 2.59. The second kappa shape index (κ2) is 7.24. The highest BCUT2D eigenvalue weighted by molar-refractivity contribution is 5.67. The van der Waals surface area contributed by atoms with Crippen LogP contribution in [-0.4, -0.2) is 39.5 Å². The molecule has 0 radical (unpaired) electrons. The summed E-state index contributed by atoms with van der Waals surface area (Å²) in [4.78, 5) is 15.4. The first-order valence-electron chi connectivity index (χ1n) is 6.73. The van der Waals surface area contributed by atoms with Gasteiger partial charge in [-0.3, -0.25) is 4.98 Å². The van der Waals surface area contributed by atoms with Crippen molar-refractivity contribution < 1.29 is 19.7 Å². The van der Waals surface area contributed by atoms with Crippen molar-refractivity contribution in [2.45, 2.75) is 45.0 Å². The molecular formula is C14H23N3O4. The maximum absolute atomic E-state index is 11.4. The van der Waals surface area contributed by atoms with E-state index in [0.29, 0.717) is 11.4 Å². The van der Waals surface area contributed by atoms with Crippen LogP contribution in [0.1, 0.15) is 39.0 Å². The van der Waals surface area contributed by atoms with Crippen LogP contribution in [0.5, 0.6) is 0 Å². The molecule has 1 rings (SSSR count). The minimum atomic E-state index is -1.13. The van der Waals surface area contributed by atoms with Gasteiger partial charge in [0.2, 0.25) is 0 Å². The first-order valence-corrected chi connectivity index (χ1v) is 6.73. The molecule has 1 aromatic heterocycles. The zero-order chi connectivity index (χ0) is 16.0. The maximum Gasteiger partial charge on any atom is 0.407 e. The van der Waals surface area contributed by atoms with Crippen molar-refractivity contribution in [1.82, 2.24) is 10.3 Å². The lowest BCUT2D eigenvalue weighted by molar-refractivity contribution is 0.00995. The fraction of sp³-hybridized carbons (Fsp3) is 0.571. The van der Waals surface area contributed by atoms with Gasteiger partial charge in [-0.05, 0) is 39.3 Å². The molecule has 0 aromatic carbocycles. The number of nitrogens with one attached hydrogen (secondary N) is 1. The summed E-state index contributed by atoms with van der Waals surface area (Å²) in [6, 6.07) is 3.14. The molecule has 0 aliphatic carbocycles. The van der Waals surface area contributed by atoms with Crippen LogP contribution >= 0.6 is 0 Å². The molecule has 0 fully saturated rings. The van der Waals surface area contributed by atoms with Gasteiger partial charge in [-0.25, -0.2) is 4.79 Å². The Balaban J connectivity index is 2.38. The predicted molar refractivity (Wildman–Crippen MR) is 78.5 cm³/mol. The van der Waals surface area contributed by atoms with Gasteiger partial charge in [0.1, 0.15) is 11.7 Å². The number of nitrogens with two attached hydrogens (primary N) is 1. The van der Waals surface area contributed by atoms with E-state index in [1.165, 1.54) is 6.20 Å². The summed E-state index contributed by atoms with van der Waals surface area (Å²) < 4.78 is 5.06. The SMILES string of the molecule is CC(C)(C)OC(=O)NCCC(O)C(O)c1ccc(N)cn1. The molecule has 2 unspecified atom stereocenters. The van der Waals surface area contributed by atoms with Gasteiger partial charge in [0, 0.05) is 6.54 Å². The third-order valence-corrected chi connectivity index (χ3v) is 2.59. The zero-order valence-corrected chi connectivity index (χ0v) is 12.5. The van der Waals surface area contributed by atoms with E-state index in [1.54, 1.807) is 32.9 Å². The van der Waals surface area contributed by atoms with Crippen molar-refractivity contribution in [3.63, 3.8) is 0 Å². The summed E-state index contributed by atoms with van der Waals surface area (Å²) in [6.45, 7) is 5.47. The molecule has 1 aromatic rings. The number of pyridine rings is 1. The molecule has 2 atom stereocenters. The number of amides is 1. The molecule has 0 aliphatic rings. The number of aromatic nitrogens is 1. The van der Waals surface area contributed by atoms with Crippen molar-refractivity contribution in [3.8, 4) is 0 Å². The van der Waals surface area contributed by atoms with Gasteiger partial charge >= 0.3 is 6.09 Å². The van der Waals surface area contributed by atoms with Crippen molar-refractivity contribution in [2.75, 3.05) is 12.3 Å². The van der Waals surface area contributed by atoms with E-state index in [4.69, 9.17) is 10.5 Å². The number of rotatable bonds is 5. The molecule has 21 heavy (non-hydrogen) atoms. The highest BCUT2D eigenvalue weighted by atomic mass is 16.6. The Morgan fingerprint density at radius 3 is 2.62 bits per heavy atom. The van der Waals surface area contributed by atoms with Crippen molar-refractivity contribution in [3.05, 3.63) is 24.0 Å². The molecular weight excluding hydrogens is 274 g/mol. The van der Waals surface area contributed by atoms with Crippen LogP contribution in [0.25, 0.3) is 0 Å². The Hall–Kier alpha value is -1.86. The summed E-state index contributed by atoms with van der Waals surface area (Å²) in [5, 5.41) is 22.3. The van der Waals surface area contributed by atoms with E-state index in [2.05, 4.69) is 10.3 Å². The first-order chi connectivity index (χ1) is 9.69. The Bertz CT molecular complexity index is 456. The average Bonchev–Trinajstić information content (AvgIpc) is 2.36. The number of carbonyl (C=O) groups is 1. The van der Waals surface area contributed by atoms with Gasteiger partial charge < -0.3 is 26.0 Å². The standard InChI is InChI=1S/C14H23N3O4/c1-14(2,3)21-13(20)16-7-6-11(18)12(19)10-5-4-9(15)8-17-10/h4-5,8,11-12,18-19H,6-7,15H2,1-3H3,(H,16,20). The third kappa shape index (κ3) is 6.42. The Kier molecular flexibility index (Phi) is 5.92. The van der Waals surface area contributed by atoms with E-state index in [-0.39, 0.29) is 13.0 Å². The quantitative estimate of drug-likeness (QED) is 0.643. The number of carbonyl (C=O) groups excluding carboxylic acids is 1. The molecule has 118 valence electrons. The fourth-order valence-electron chi connectivity index (χ4n) is 1.58. The molecule has 7 heteroatoms. The molecule has 5 N–H and O–H groups in total. The van der Waals surface area contributed by atoms with Gasteiger partial charge in [-0.1, -0.05) is 0 Å². The minimum absolute atomic E-state index is 0.173. The van der Waals surface area contributed by atoms with Crippen LogP contribution in [0.3, 0.4) is 0 Å². The number of hydrogen-bond acceptors (Lipinski definition) is 6. The minimum Gasteiger partial charge on any atom is -0.444 e.